The number of piperidine rings is 1. The molecular weight excluding hydrogens is 576 g/mol. The number of fused-ring (bicyclic) bond motifs is 1. The van der Waals surface area contributed by atoms with Crippen LogP contribution in [0, 0.1) is 12.7 Å². The first kappa shape index (κ1) is 31.6. The molecule has 0 spiro atoms. The van der Waals surface area contributed by atoms with Crippen LogP contribution in [-0.2, 0) is 27.8 Å². The first-order valence-electron chi connectivity index (χ1n) is 14.7. The van der Waals surface area contributed by atoms with E-state index in [9.17, 15) is 18.0 Å². The van der Waals surface area contributed by atoms with Gasteiger partial charge in [-0.2, -0.15) is 23.2 Å². The standard InChI is InChI=1S/C32H38F4N6O2/c1-18-23(11-10-21(26(18)33)19-12-14-42(15-13-19)44-30(2,3)4)40-29-38-17-22(32(34,35)36)27(41-29)37-16-20-8-7-9-24-25(20)31(5,6)28(43)39-24/h7-11,17,19H,12-16H2,1-6H3,(H,39,43)(H2,37,38,40,41). The largest absolute Gasteiger partial charge is 0.421 e. The zero-order valence-electron chi connectivity index (χ0n) is 25.7. The van der Waals surface area contributed by atoms with E-state index >= 15 is 4.39 Å². The summed E-state index contributed by atoms with van der Waals surface area (Å²) in [7, 11) is 0. The third kappa shape index (κ3) is 6.51. The maximum Gasteiger partial charge on any atom is 0.421 e. The molecule has 0 unspecified atom stereocenters. The van der Waals surface area contributed by atoms with Crippen LogP contribution >= 0.6 is 0 Å². The van der Waals surface area contributed by atoms with E-state index in [-0.39, 0.29) is 35.7 Å². The Bertz CT molecular complexity index is 1560. The summed E-state index contributed by atoms with van der Waals surface area (Å²) in [4.78, 5) is 26.4. The molecule has 1 saturated heterocycles. The van der Waals surface area contributed by atoms with Crippen LogP contribution in [0.5, 0.6) is 0 Å². The molecule has 44 heavy (non-hydrogen) atoms. The van der Waals surface area contributed by atoms with E-state index in [4.69, 9.17) is 4.84 Å². The fraction of sp³-hybridized carbons (Fsp3) is 0.469. The van der Waals surface area contributed by atoms with E-state index in [0.29, 0.717) is 47.4 Å². The summed E-state index contributed by atoms with van der Waals surface area (Å²) in [6.45, 7) is 12.5. The number of hydroxylamine groups is 2. The van der Waals surface area contributed by atoms with E-state index in [0.717, 1.165) is 18.4 Å². The molecule has 236 valence electrons. The van der Waals surface area contributed by atoms with Crippen LogP contribution in [0.15, 0.2) is 36.5 Å². The second kappa shape index (κ2) is 11.6. The second-order valence-corrected chi connectivity index (χ2v) is 12.9. The van der Waals surface area contributed by atoms with E-state index < -0.39 is 23.0 Å². The molecule has 8 nitrogen and oxygen atoms in total. The van der Waals surface area contributed by atoms with Gasteiger partial charge in [0.05, 0.1) is 11.0 Å². The van der Waals surface area contributed by atoms with Crippen LogP contribution < -0.4 is 16.0 Å². The van der Waals surface area contributed by atoms with Gasteiger partial charge in [-0.1, -0.05) is 18.2 Å². The van der Waals surface area contributed by atoms with Crippen LogP contribution in [0.2, 0.25) is 0 Å². The van der Waals surface area contributed by atoms with Crippen LogP contribution in [0.1, 0.15) is 81.2 Å². The minimum atomic E-state index is -4.71. The molecule has 0 aliphatic carbocycles. The number of nitrogens with zero attached hydrogens (tertiary/aromatic N) is 3. The lowest BCUT2D eigenvalue weighted by molar-refractivity contribution is -0.236. The van der Waals surface area contributed by atoms with Crippen molar-refractivity contribution < 1.29 is 27.2 Å². The topological polar surface area (TPSA) is 91.4 Å². The number of amides is 1. The molecule has 2 aromatic carbocycles. The Kier molecular flexibility index (Phi) is 8.36. The molecule has 0 bridgehead atoms. The van der Waals surface area contributed by atoms with Gasteiger partial charge in [-0.3, -0.25) is 9.63 Å². The molecule has 0 radical (unpaired) electrons. The number of anilines is 4. The lowest BCUT2D eigenvalue weighted by atomic mass is 9.83. The quantitative estimate of drug-likeness (QED) is 0.238. The highest BCUT2D eigenvalue weighted by Gasteiger charge is 2.40. The van der Waals surface area contributed by atoms with Gasteiger partial charge in [0.15, 0.2) is 0 Å². The molecule has 1 fully saturated rings. The number of halogens is 4. The summed E-state index contributed by atoms with van der Waals surface area (Å²) in [5.41, 5.74) is 1.12. The maximum absolute atomic E-state index is 15.6. The zero-order chi connectivity index (χ0) is 32.0. The van der Waals surface area contributed by atoms with Gasteiger partial charge in [0.1, 0.15) is 17.2 Å². The van der Waals surface area contributed by atoms with Crippen molar-refractivity contribution in [2.24, 2.45) is 0 Å². The van der Waals surface area contributed by atoms with Crippen molar-refractivity contribution in [2.75, 3.05) is 29.0 Å². The monoisotopic (exact) mass is 614 g/mol. The SMILES string of the molecule is Cc1c(Nc2ncc(C(F)(F)F)c(NCc3cccc4c3C(C)(C)C(=O)N4)n2)ccc(C2CCN(OC(C)(C)C)CC2)c1F. The van der Waals surface area contributed by atoms with Crippen molar-refractivity contribution in [3.05, 3.63) is 70.2 Å². The van der Waals surface area contributed by atoms with Crippen molar-refractivity contribution in [2.45, 2.75) is 84.0 Å². The summed E-state index contributed by atoms with van der Waals surface area (Å²) in [5, 5.41) is 10.4. The summed E-state index contributed by atoms with van der Waals surface area (Å²) in [5.74, 6) is -1.06. The Hall–Kier alpha value is -3.77. The predicted molar refractivity (Wildman–Crippen MR) is 161 cm³/mol. The third-order valence-electron chi connectivity index (χ3n) is 8.09. The molecule has 5 rings (SSSR count). The summed E-state index contributed by atoms with van der Waals surface area (Å²) < 4.78 is 57.4. The average Bonchev–Trinajstić information content (AvgIpc) is 3.17. The van der Waals surface area contributed by atoms with Crippen molar-refractivity contribution in [3.63, 3.8) is 0 Å². The first-order valence-corrected chi connectivity index (χ1v) is 14.7. The molecule has 12 heteroatoms. The fourth-order valence-corrected chi connectivity index (χ4v) is 5.87. The number of benzene rings is 2. The number of nitrogens with one attached hydrogen (secondary N) is 3. The molecule has 3 aromatic rings. The molecule has 3 heterocycles. The number of hydrogen-bond acceptors (Lipinski definition) is 7. The second-order valence-electron chi connectivity index (χ2n) is 12.9. The Morgan fingerprint density at radius 3 is 2.48 bits per heavy atom. The summed E-state index contributed by atoms with van der Waals surface area (Å²) >= 11 is 0. The number of carbonyl (C=O) groups excluding carboxylic acids is 1. The van der Waals surface area contributed by atoms with Gasteiger partial charge in [-0.25, -0.2) is 9.37 Å². The van der Waals surface area contributed by atoms with Crippen molar-refractivity contribution in [1.29, 1.82) is 0 Å². The molecule has 1 amide bonds. The van der Waals surface area contributed by atoms with Gasteiger partial charge < -0.3 is 16.0 Å². The molecular formula is C32H38F4N6O2. The van der Waals surface area contributed by atoms with Crippen molar-refractivity contribution >= 4 is 29.0 Å². The Balaban J connectivity index is 1.35. The van der Waals surface area contributed by atoms with Gasteiger partial charge in [-0.15, -0.1) is 0 Å². The maximum atomic E-state index is 15.6. The first-order chi connectivity index (χ1) is 20.5. The highest BCUT2D eigenvalue weighted by atomic mass is 19.4. The lowest BCUT2D eigenvalue weighted by Gasteiger charge is -2.35. The minimum absolute atomic E-state index is 0.0109. The van der Waals surface area contributed by atoms with Crippen LogP contribution in [0.25, 0.3) is 0 Å². The van der Waals surface area contributed by atoms with Gasteiger partial charge in [0, 0.05) is 42.8 Å². The molecule has 0 atom stereocenters. The van der Waals surface area contributed by atoms with E-state index in [1.807, 2.05) is 25.8 Å². The summed E-state index contributed by atoms with van der Waals surface area (Å²) in [6, 6.07) is 8.68. The molecule has 3 N–H and O–H groups in total. The van der Waals surface area contributed by atoms with Gasteiger partial charge in [0.25, 0.3) is 0 Å². The van der Waals surface area contributed by atoms with Gasteiger partial charge >= 0.3 is 6.18 Å². The predicted octanol–water partition coefficient (Wildman–Crippen LogP) is 7.44. The molecule has 1 aromatic heterocycles. The molecule has 2 aliphatic heterocycles. The van der Waals surface area contributed by atoms with Crippen LogP contribution in [0.3, 0.4) is 0 Å². The lowest BCUT2D eigenvalue weighted by Crippen LogP contribution is -2.39. The zero-order valence-corrected chi connectivity index (χ0v) is 25.7. The Morgan fingerprint density at radius 1 is 1.11 bits per heavy atom. The Labute approximate surface area is 254 Å². The highest BCUT2D eigenvalue weighted by Crippen LogP contribution is 2.41. The number of hydrogen-bond donors (Lipinski definition) is 3. The van der Waals surface area contributed by atoms with E-state index in [1.54, 1.807) is 51.1 Å². The van der Waals surface area contributed by atoms with Crippen LogP contribution in [0.4, 0.5) is 40.7 Å². The number of rotatable bonds is 7. The average molecular weight is 615 g/mol. The highest BCUT2D eigenvalue weighted by molar-refractivity contribution is 6.06. The van der Waals surface area contributed by atoms with E-state index in [2.05, 4.69) is 25.9 Å². The number of carbonyl (C=O) groups is 1. The van der Waals surface area contributed by atoms with Crippen molar-refractivity contribution in [1.82, 2.24) is 15.0 Å². The fourth-order valence-electron chi connectivity index (χ4n) is 5.87. The third-order valence-corrected chi connectivity index (χ3v) is 8.09. The minimum Gasteiger partial charge on any atom is -0.365 e. The Morgan fingerprint density at radius 2 is 1.82 bits per heavy atom. The molecule has 0 saturated carbocycles. The summed E-state index contributed by atoms with van der Waals surface area (Å²) in [6.07, 6.45) is -2.53. The number of aromatic nitrogens is 2. The number of alkyl halides is 3. The van der Waals surface area contributed by atoms with Gasteiger partial charge in [0.2, 0.25) is 11.9 Å². The smallest absolute Gasteiger partial charge is 0.365 e. The van der Waals surface area contributed by atoms with Crippen LogP contribution in [-0.4, -0.2) is 39.6 Å². The van der Waals surface area contributed by atoms with Crippen molar-refractivity contribution in [3.8, 4) is 0 Å². The normalized spacial score (nSPS) is 17.4. The van der Waals surface area contributed by atoms with Gasteiger partial charge in [-0.05, 0) is 89.1 Å². The van der Waals surface area contributed by atoms with E-state index in [1.165, 1.54) is 0 Å². The molecule has 2 aliphatic rings.